The van der Waals surface area contributed by atoms with Crippen molar-refractivity contribution in [1.82, 2.24) is 14.8 Å². The Bertz CT molecular complexity index is 788. The van der Waals surface area contributed by atoms with Gasteiger partial charge in [0.05, 0.1) is 26.0 Å². The van der Waals surface area contributed by atoms with Gasteiger partial charge in [0.25, 0.3) is 0 Å². The number of hydrogen-bond donors (Lipinski definition) is 0. The average molecular weight is 390 g/mol. The Morgan fingerprint density at radius 3 is 2.85 bits per heavy atom. The molecule has 27 heavy (non-hydrogen) atoms. The highest BCUT2D eigenvalue weighted by atomic mass is 35.5. The fraction of sp³-hybridized carbons (Fsp3) is 0.500. The lowest BCUT2D eigenvalue weighted by Gasteiger charge is -2.29. The molecule has 2 aliphatic heterocycles. The number of hydrogen-bond acceptors (Lipinski definition) is 5. The normalized spacial score (nSPS) is 20.9. The second-order valence-corrected chi connectivity index (χ2v) is 7.47. The van der Waals surface area contributed by atoms with Crippen LogP contribution in [0.2, 0.25) is 5.02 Å². The molecule has 2 saturated heterocycles. The van der Waals surface area contributed by atoms with Crippen molar-refractivity contribution in [1.29, 1.82) is 0 Å². The number of aromatic nitrogens is 1. The molecule has 7 heteroatoms. The van der Waals surface area contributed by atoms with E-state index in [1.165, 1.54) is 0 Å². The van der Waals surface area contributed by atoms with E-state index in [-0.39, 0.29) is 11.9 Å². The van der Waals surface area contributed by atoms with Crippen molar-refractivity contribution in [2.75, 3.05) is 39.4 Å². The highest BCUT2D eigenvalue weighted by Crippen LogP contribution is 2.32. The van der Waals surface area contributed by atoms with Gasteiger partial charge >= 0.3 is 0 Å². The summed E-state index contributed by atoms with van der Waals surface area (Å²) >= 11 is 6.24. The van der Waals surface area contributed by atoms with Gasteiger partial charge < -0.3 is 14.1 Å². The van der Waals surface area contributed by atoms with Crippen molar-refractivity contribution in [3.05, 3.63) is 52.7 Å². The summed E-state index contributed by atoms with van der Waals surface area (Å²) in [6.07, 6.45) is 4.21. The van der Waals surface area contributed by atoms with Gasteiger partial charge in [-0.1, -0.05) is 29.8 Å². The van der Waals surface area contributed by atoms with Crippen LogP contribution in [0.15, 0.2) is 34.9 Å². The number of oxazole rings is 1. The Labute approximate surface area is 164 Å². The van der Waals surface area contributed by atoms with Gasteiger partial charge in [0, 0.05) is 31.1 Å². The first-order valence-corrected chi connectivity index (χ1v) is 9.86. The lowest BCUT2D eigenvalue weighted by Crippen LogP contribution is -2.44. The van der Waals surface area contributed by atoms with E-state index < -0.39 is 0 Å². The molecule has 1 atom stereocenters. The van der Waals surface area contributed by atoms with Gasteiger partial charge in [0.2, 0.25) is 11.8 Å². The molecule has 2 aromatic rings. The summed E-state index contributed by atoms with van der Waals surface area (Å²) in [5.41, 5.74) is 1.01. The Hall–Kier alpha value is -1.89. The number of amides is 1. The van der Waals surface area contributed by atoms with Crippen LogP contribution in [-0.4, -0.2) is 60.1 Å². The van der Waals surface area contributed by atoms with Crippen LogP contribution in [0.25, 0.3) is 0 Å². The number of ether oxygens (including phenoxy) is 1. The van der Waals surface area contributed by atoms with Gasteiger partial charge in [0.15, 0.2) is 0 Å². The fourth-order valence-corrected chi connectivity index (χ4v) is 3.95. The number of carbonyl (C=O) groups is 1. The smallest absolute Gasteiger partial charge is 0.237 e. The molecule has 0 spiro atoms. The lowest BCUT2D eigenvalue weighted by molar-refractivity contribution is -0.134. The van der Waals surface area contributed by atoms with Crippen LogP contribution in [0, 0.1) is 0 Å². The zero-order valence-electron chi connectivity index (χ0n) is 15.3. The zero-order chi connectivity index (χ0) is 18.6. The molecule has 1 amide bonds. The average Bonchev–Trinajstić information content (AvgIpc) is 3.33. The summed E-state index contributed by atoms with van der Waals surface area (Å²) in [4.78, 5) is 21.3. The van der Waals surface area contributed by atoms with Gasteiger partial charge in [-0.05, 0) is 24.5 Å². The second kappa shape index (κ2) is 8.42. The van der Waals surface area contributed by atoms with E-state index in [0.29, 0.717) is 32.1 Å². The number of rotatable bonds is 5. The second-order valence-electron chi connectivity index (χ2n) is 7.07. The maximum Gasteiger partial charge on any atom is 0.237 e. The highest BCUT2D eigenvalue weighted by molar-refractivity contribution is 6.31. The van der Waals surface area contributed by atoms with E-state index in [4.69, 9.17) is 20.8 Å². The minimum absolute atomic E-state index is 0.0708. The quantitative estimate of drug-likeness (QED) is 0.786. The molecule has 1 aromatic heterocycles. The van der Waals surface area contributed by atoms with E-state index in [0.717, 1.165) is 48.8 Å². The summed E-state index contributed by atoms with van der Waals surface area (Å²) in [5, 5.41) is 0.721. The van der Waals surface area contributed by atoms with Gasteiger partial charge in [-0.3, -0.25) is 9.69 Å². The maximum atomic E-state index is 12.8. The van der Waals surface area contributed by atoms with Gasteiger partial charge in [-0.25, -0.2) is 4.98 Å². The van der Waals surface area contributed by atoms with Crippen molar-refractivity contribution in [2.24, 2.45) is 0 Å². The number of benzene rings is 1. The molecule has 0 N–H and O–H groups in total. The minimum Gasteiger partial charge on any atom is -0.443 e. The topological polar surface area (TPSA) is 58.8 Å². The van der Waals surface area contributed by atoms with Gasteiger partial charge in [0.1, 0.15) is 11.8 Å². The van der Waals surface area contributed by atoms with Crippen molar-refractivity contribution in [3.8, 4) is 0 Å². The van der Waals surface area contributed by atoms with Gasteiger partial charge in [-0.2, -0.15) is 0 Å². The third-order valence-electron chi connectivity index (χ3n) is 5.21. The van der Waals surface area contributed by atoms with E-state index in [9.17, 15) is 4.79 Å². The molecule has 0 saturated carbocycles. The van der Waals surface area contributed by atoms with Crippen LogP contribution in [-0.2, 0) is 16.0 Å². The van der Waals surface area contributed by atoms with Crippen LogP contribution in [0.4, 0.5) is 0 Å². The first-order chi connectivity index (χ1) is 13.2. The number of carbonyl (C=O) groups excluding carboxylic acids is 1. The Balaban J connectivity index is 1.42. The molecule has 0 bridgehead atoms. The van der Waals surface area contributed by atoms with Crippen molar-refractivity contribution in [3.63, 3.8) is 0 Å². The van der Waals surface area contributed by atoms with Crippen LogP contribution in [0.1, 0.15) is 36.1 Å². The predicted molar refractivity (Wildman–Crippen MR) is 102 cm³/mol. The molecular weight excluding hydrogens is 366 g/mol. The van der Waals surface area contributed by atoms with E-state index >= 15 is 0 Å². The number of nitrogens with zero attached hydrogens (tertiary/aromatic N) is 3. The third-order valence-corrected chi connectivity index (χ3v) is 5.58. The summed E-state index contributed by atoms with van der Waals surface area (Å²) in [7, 11) is 0. The lowest BCUT2D eigenvalue weighted by atomic mass is 10.1. The van der Waals surface area contributed by atoms with Crippen LogP contribution < -0.4 is 0 Å². The van der Waals surface area contributed by atoms with E-state index in [1.807, 2.05) is 29.2 Å². The van der Waals surface area contributed by atoms with Crippen LogP contribution >= 0.6 is 11.6 Å². The van der Waals surface area contributed by atoms with E-state index in [2.05, 4.69) is 9.88 Å². The highest BCUT2D eigenvalue weighted by Gasteiger charge is 2.34. The standard InChI is InChI=1S/C20H24ClN3O3/c21-17-5-2-1-4-15(17)12-16-13-22-20(27-16)18-6-3-7-24(18)19(25)14-23-8-10-26-11-9-23/h1-2,4-5,13,18H,3,6-12,14H2/t18-/m0/s1. The fourth-order valence-electron chi connectivity index (χ4n) is 3.75. The summed E-state index contributed by atoms with van der Waals surface area (Å²) in [6, 6.07) is 7.66. The van der Waals surface area contributed by atoms with Gasteiger partial charge in [-0.15, -0.1) is 0 Å². The number of likely N-dealkylation sites (tertiary alicyclic amines) is 1. The summed E-state index contributed by atoms with van der Waals surface area (Å²) in [5.74, 6) is 1.54. The van der Waals surface area contributed by atoms with Crippen molar-refractivity contribution >= 4 is 17.5 Å². The van der Waals surface area contributed by atoms with Crippen LogP contribution in [0.3, 0.4) is 0 Å². The molecule has 0 unspecified atom stereocenters. The molecule has 144 valence electrons. The first kappa shape index (κ1) is 18.5. The first-order valence-electron chi connectivity index (χ1n) is 9.48. The molecule has 0 aliphatic carbocycles. The molecule has 4 rings (SSSR count). The monoisotopic (exact) mass is 389 g/mol. The molecule has 6 nitrogen and oxygen atoms in total. The summed E-state index contributed by atoms with van der Waals surface area (Å²) < 4.78 is 11.4. The minimum atomic E-state index is -0.0708. The Morgan fingerprint density at radius 2 is 2.04 bits per heavy atom. The predicted octanol–water partition coefficient (Wildman–Crippen LogP) is 2.91. The molecule has 0 radical (unpaired) electrons. The Morgan fingerprint density at radius 1 is 1.22 bits per heavy atom. The maximum absolute atomic E-state index is 12.8. The van der Waals surface area contributed by atoms with Crippen molar-refractivity contribution in [2.45, 2.75) is 25.3 Å². The van der Waals surface area contributed by atoms with E-state index in [1.54, 1.807) is 6.20 Å². The number of halogens is 1. The zero-order valence-corrected chi connectivity index (χ0v) is 16.0. The molecular formula is C20H24ClN3O3. The molecule has 3 heterocycles. The Kier molecular flexibility index (Phi) is 5.76. The SMILES string of the molecule is O=C(CN1CCOCC1)N1CCC[C@H]1c1ncc(Cc2ccccc2Cl)o1. The molecule has 2 fully saturated rings. The summed E-state index contributed by atoms with van der Waals surface area (Å²) in [6.45, 7) is 4.21. The number of morpholine rings is 1. The largest absolute Gasteiger partial charge is 0.443 e. The third kappa shape index (κ3) is 4.34. The van der Waals surface area contributed by atoms with Crippen LogP contribution in [0.5, 0.6) is 0 Å². The molecule has 1 aromatic carbocycles. The molecule has 2 aliphatic rings. The van der Waals surface area contributed by atoms with Crippen molar-refractivity contribution < 1.29 is 13.9 Å².